The van der Waals surface area contributed by atoms with Crippen LogP contribution in [0.25, 0.3) is 11.0 Å². The van der Waals surface area contributed by atoms with Crippen molar-refractivity contribution in [2.24, 2.45) is 0 Å². The molecule has 4 N–H and O–H groups in total. The number of aliphatic hydroxyl groups excluding tert-OH is 4. The first-order chi connectivity index (χ1) is 15.4. The van der Waals surface area contributed by atoms with E-state index in [4.69, 9.17) is 23.4 Å². The van der Waals surface area contributed by atoms with Gasteiger partial charge in [-0.3, -0.25) is 4.79 Å². The van der Waals surface area contributed by atoms with E-state index in [1.54, 1.807) is 31.4 Å². The average Bonchev–Trinajstić information content (AvgIpc) is 2.81. The Morgan fingerprint density at radius 1 is 0.938 bits per heavy atom. The molecular formula is C22H22O10. The fraction of sp³-hybridized carbons (Fsp3) is 0.318. The molecule has 1 saturated heterocycles. The van der Waals surface area contributed by atoms with Gasteiger partial charge in [0.05, 0.1) is 19.1 Å². The zero-order valence-electron chi connectivity index (χ0n) is 17.0. The van der Waals surface area contributed by atoms with Gasteiger partial charge in [-0.25, -0.2) is 0 Å². The van der Waals surface area contributed by atoms with E-state index in [2.05, 4.69) is 0 Å². The highest BCUT2D eigenvalue weighted by molar-refractivity contribution is 5.79. The van der Waals surface area contributed by atoms with Crippen molar-refractivity contribution in [1.29, 1.82) is 0 Å². The molecule has 1 aromatic heterocycles. The second kappa shape index (κ2) is 9.15. The first-order valence-corrected chi connectivity index (χ1v) is 9.76. The maximum absolute atomic E-state index is 12.8. The smallest absolute Gasteiger partial charge is 0.235 e. The summed E-state index contributed by atoms with van der Waals surface area (Å²) >= 11 is 0. The summed E-state index contributed by atoms with van der Waals surface area (Å²) in [6, 6.07) is 11.0. The van der Waals surface area contributed by atoms with E-state index in [1.165, 1.54) is 24.5 Å². The van der Waals surface area contributed by atoms with Gasteiger partial charge in [0.25, 0.3) is 0 Å². The number of methoxy groups -OCH3 is 1. The summed E-state index contributed by atoms with van der Waals surface area (Å²) < 4.78 is 27.1. The fourth-order valence-electron chi connectivity index (χ4n) is 3.30. The van der Waals surface area contributed by atoms with Crippen LogP contribution in [0.1, 0.15) is 0 Å². The SMILES string of the molecule is COc1ccc(Oc2coc3cc(O[C@H]4O[C@@H](CO)[C@@H](O)[C@@H](O)[C@H]4O)ccc3c2=O)cc1. The highest BCUT2D eigenvalue weighted by Crippen LogP contribution is 2.28. The van der Waals surface area contributed by atoms with Crippen molar-refractivity contribution < 1.29 is 43.8 Å². The molecule has 1 aliphatic heterocycles. The van der Waals surface area contributed by atoms with E-state index in [-0.39, 0.29) is 22.5 Å². The molecule has 2 aromatic carbocycles. The molecule has 0 unspecified atom stereocenters. The Labute approximate surface area is 181 Å². The van der Waals surface area contributed by atoms with Crippen molar-refractivity contribution in [1.82, 2.24) is 0 Å². The maximum atomic E-state index is 12.8. The van der Waals surface area contributed by atoms with E-state index in [9.17, 15) is 25.2 Å². The third-order valence-electron chi connectivity index (χ3n) is 5.10. The predicted molar refractivity (Wildman–Crippen MR) is 110 cm³/mol. The number of aliphatic hydroxyl groups is 4. The van der Waals surface area contributed by atoms with Crippen LogP contribution >= 0.6 is 0 Å². The summed E-state index contributed by atoms with van der Waals surface area (Å²) in [5.74, 6) is 1.24. The quantitative estimate of drug-likeness (QED) is 0.428. The van der Waals surface area contributed by atoms with Crippen LogP contribution in [0.15, 0.2) is 57.9 Å². The van der Waals surface area contributed by atoms with Crippen molar-refractivity contribution in [3.05, 3.63) is 59.0 Å². The zero-order valence-corrected chi connectivity index (χ0v) is 17.0. The number of fused-ring (bicyclic) bond motifs is 1. The van der Waals surface area contributed by atoms with E-state index >= 15 is 0 Å². The van der Waals surface area contributed by atoms with Crippen molar-refractivity contribution >= 4 is 11.0 Å². The molecule has 0 saturated carbocycles. The summed E-state index contributed by atoms with van der Waals surface area (Å²) in [5, 5.41) is 39.4. The summed E-state index contributed by atoms with van der Waals surface area (Å²) in [6.07, 6.45) is -5.90. The van der Waals surface area contributed by atoms with Crippen LogP contribution in [0.3, 0.4) is 0 Å². The highest BCUT2D eigenvalue weighted by atomic mass is 16.7. The van der Waals surface area contributed by atoms with E-state index in [0.717, 1.165) is 0 Å². The topological polar surface area (TPSA) is 148 Å². The van der Waals surface area contributed by atoms with Crippen molar-refractivity contribution in [3.63, 3.8) is 0 Å². The van der Waals surface area contributed by atoms with Crippen molar-refractivity contribution in [2.45, 2.75) is 30.7 Å². The lowest BCUT2D eigenvalue weighted by atomic mass is 9.99. The molecule has 2 heterocycles. The van der Waals surface area contributed by atoms with Gasteiger partial charge in [-0.15, -0.1) is 0 Å². The Kier molecular flexibility index (Phi) is 6.31. The largest absolute Gasteiger partial charge is 0.497 e. The molecule has 0 radical (unpaired) electrons. The number of benzene rings is 2. The minimum Gasteiger partial charge on any atom is -0.497 e. The van der Waals surface area contributed by atoms with Gasteiger partial charge in [0.2, 0.25) is 17.5 Å². The molecule has 1 fully saturated rings. The normalized spacial score (nSPS) is 25.5. The van der Waals surface area contributed by atoms with Gasteiger partial charge in [0.1, 0.15) is 53.5 Å². The molecule has 3 aromatic rings. The fourth-order valence-corrected chi connectivity index (χ4v) is 3.30. The lowest BCUT2D eigenvalue weighted by Crippen LogP contribution is -2.60. The highest BCUT2D eigenvalue weighted by Gasteiger charge is 2.44. The third kappa shape index (κ3) is 4.27. The predicted octanol–water partition coefficient (Wildman–Crippen LogP) is 0.773. The van der Waals surface area contributed by atoms with Crippen LogP contribution in [0.5, 0.6) is 23.0 Å². The maximum Gasteiger partial charge on any atom is 0.235 e. The summed E-state index contributed by atoms with van der Waals surface area (Å²) in [7, 11) is 1.54. The Hall–Kier alpha value is -3.15. The van der Waals surface area contributed by atoms with Crippen LogP contribution in [0.2, 0.25) is 0 Å². The Balaban J connectivity index is 1.54. The molecule has 170 valence electrons. The molecule has 5 atom stereocenters. The van der Waals surface area contributed by atoms with Gasteiger partial charge >= 0.3 is 0 Å². The molecule has 0 spiro atoms. The number of ether oxygens (including phenoxy) is 4. The van der Waals surface area contributed by atoms with E-state index in [1.807, 2.05) is 0 Å². The second-order valence-electron chi connectivity index (χ2n) is 7.18. The van der Waals surface area contributed by atoms with Gasteiger partial charge < -0.3 is 43.8 Å². The molecule has 1 aliphatic rings. The van der Waals surface area contributed by atoms with Gasteiger partial charge in [-0.1, -0.05) is 0 Å². The van der Waals surface area contributed by atoms with Gasteiger partial charge in [-0.05, 0) is 36.4 Å². The van der Waals surface area contributed by atoms with Gasteiger partial charge in [-0.2, -0.15) is 0 Å². The Bertz CT molecular complexity index is 1120. The lowest BCUT2D eigenvalue weighted by molar-refractivity contribution is -0.277. The molecule has 32 heavy (non-hydrogen) atoms. The van der Waals surface area contributed by atoms with Crippen LogP contribution in [-0.4, -0.2) is 64.8 Å². The standard InChI is InChI=1S/C22H22O10/c1-28-11-2-4-12(5-3-11)30-17-10-29-15-8-13(6-7-14(15)18(17)24)31-22-21(27)20(26)19(25)16(9-23)32-22/h2-8,10,16,19-23,25-27H,9H2,1H3/t16-,19+,20+,21+,22-/m0/s1. The molecule has 4 rings (SSSR count). The van der Waals surface area contributed by atoms with Crippen LogP contribution in [-0.2, 0) is 4.74 Å². The van der Waals surface area contributed by atoms with Crippen LogP contribution in [0, 0.1) is 0 Å². The first-order valence-electron chi connectivity index (χ1n) is 9.76. The van der Waals surface area contributed by atoms with Crippen molar-refractivity contribution in [2.75, 3.05) is 13.7 Å². The van der Waals surface area contributed by atoms with E-state index in [0.29, 0.717) is 11.5 Å². The molecule has 0 amide bonds. The molecule has 0 bridgehead atoms. The van der Waals surface area contributed by atoms with Crippen LogP contribution in [0.4, 0.5) is 0 Å². The number of rotatable bonds is 6. The molecule has 0 aliphatic carbocycles. The van der Waals surface area contributed by atoms with Crippen LogP contribution < -0.4 is 19.6 Å². The summed E-state index contributed by atoms with van der Waals surface area (Å²) in [5.41, 5.74) is -0.208. The Morgan fingerprint density at radius 3 is 2.31 bits per heavy atom. The summed E-state index contributed by atoms with van der Waals surface area (Å²) in [4.78, 5) is 12.8. The number of hydrogen-bond donors (Lipinski definition) is 4. The van der Waals surface area contributed by atoms with Crippen molar-refractivity contribution in [3.8, 4) is 23.0 Å². The van der Waals surface area contributed by atoms with Gasteiger partial charge in [0, 0.05) is 6.07 Å². The minimum absolute atomic E-state index is 0.00901. The minimum atomic E-state index is -1.57. The molecule has 10 nitrogen and oxygen atoms in total. The zero-order chi connectivity index (χ0) is 22.8. The lowest BCUT2D eigenvalue weighted by Gasteiger charge is -2.39. The van der Waals surface area contributed by atoms with Gasteiger partial charge in [0.15, 0.2) is 0 Å². The number of hydrogen-bond acceptors (Lipinski definition) is 10. The van der Waals surface area contributed by atoms with E-state index < -0.39 is 42.7 Å². The average molecular weight is 446 g/mol. The third-order valence-corrected chi connectivity index (χ3v) is 5.10. The first kappa shape index (κ1) is 22.1. The molecule has 10 heteroatoms. The molecular weight excluding hydrogens is 424 g/mol. The monoisotopic (exact) mass is 446 g/mol. The Morgan fingerprint density at radius 2 is 1.62 bits per heavy atom. The summed E-state index contributed by atoms with van der Waals surface area (Å²) in [6.45, 7) is -0.575. The second-order valence-corrected chi connectivity index (χ2v) is 7.18.